The van der Waals surface area contributed by atoms with Gasteiger partial charge >= 0.3 is 0 Å². The van der Waals surface area contributed by atoms with Crippen LogP contribution in [0, 0.1) is 12.8 Å². The van der Waals surface area contributed by atoms with Crippen LogP contribution in [0.15, 0.2) is 33.7 Å². The van der Waals surface area contributed by atoms with E-state index < -0.39 is 10.0 Å². The number of sulfonamides is 1. The highest BCUT2D eigenvalue weighted by Gasteiger charge is 2.28. The van der Waals surface area contributed by atoms with Crippen LogP contribution in [-0.4, -0.2) is 66.8 Å². The molecule has 1 saturated heterocycles. The van der Waals surface area contributed by atoms with Crippen LogP contribution in [-0.2, 0) is 21.4 Å². The molecule has 0 bridgehead atoms. The predicted molar refractivity (Wildman–Crippen MR) is 107 cm³/mol. The van der Waals surface area contributed by atoms with Gasteiger partial charge in [0.15, 0.2) is 5.82 Å². The molecule has 0 radical (unpaired) electrons. The minimum absolute atomic E-state index is 0.101. The summed E-state index contributed by atoms with van der Waals surface area (Å²) in [6, 6.07) is 5.90. The molecule has 3 rings (SSSR count). The van der Waals surface area contributed by atoms with Gasteiger partial charge in [0.05, 0.1) is 11.4 Å². The highest BCUT2D eigenvalue weighted by atomic mass is 32.2. The Kier molecular flexibility index (Phi) is 6.52. The number of benzene rings is 1. The van der Waals surface area contributed by atoms with Crippen LogP contribution < -0.4 is 5.32 Å². The molecule has 1 aliphatic rings. The SMILES string of the molecule is Cc1noc(CNC(=O)C2CCN(C(=O)c3ccc(S(=O)(=O)N(C)C)cc3)CC2)n1. The van der Waals surface area contributed by atoms with E-state index >= 15 is 0 Å². The number of carbonyl (C=O) groups is 2. The van der Waals surface area contributed by atoms with E-state index in [9.17, 15) is 18.0 Å². The maximum absolute atomic E-state index is 12.7. The van der Waals surface area contributed by atoms with E-state index in [0.717, 1.165) is 4.31 Å². The molecule has 0 spiro atoms. The maximum atomic E-state index is 12.7. The zero-order valence-electron chi connectivity index (χ0n) is 17.2. The highest BCUT2D eigenvalue weighted by molar-refractivity contribution is 7.89. The van der Waals surface area contributed by atoms with Gasteiger partial charge in [-0.1, -0.05) is 5.16 Å². The van der Waals surface area contributed by atoms with Gasteiger partial charge in [-0.2, -0.15) is 4.98 Å². The van der Waals surface area contributed by atoms with Crippen molar-refractivity contribution in [1.82, 2.24) is 24.7 Å². The molecule has 0 saturated carbocycles. The normalized spacial score (nSPS) is 15.4. The van der Waals surface area contributed by atoms with Crippen LogP contribution in [0.3, 0.4) is 0 Å². The Morgan fingerprint density at radius 3 is 2.37 bits per heavy atom. The summed E-state index contributed by atoms with van der Waals surface area (Å²) >= 11 is 0. The summed E-state index contributed by atoms with van der Waals surface area (Å²) in [6.07, 6.45) is 1.10. The van der Waals surface area contributed by atoms with E-state index in [2.05, 4.69) is 15.5 Å². The number of aromatic nitrogens is 2. The molecule has 2 aromatic rings. The summed E-state index contributed by atoms with van der Waals surface area (Å²) in [5.74, 6) is 0.400. The van der Waals surface area contributed by atoms with Crippen molar-refractivity contribution in [2.45, 2.75) is 31.2 Å². The Bertz CT molecular complexity index is 1010. The van der Waals surface area contributed by atoms with Crippen molar-refractivity contribution in [3.8, 4) is 0 Å². The zero-order chi connectivity index (χ0) is 21.9. The lowest BCUT2D eigenvalue weighted by Crippen LogP contribution is -2.43. The first kappa shape index (κ1) is 21.9. The standard InChI is InChI=1S/C19H25N5O5S/c1-13-21-17(29-22-13)12-20-18(25)14-8-10-24(11-9-14)19(26)15-4-6-16(7-5-15)30(27,28)23(2)3/h4-7,14H,8-12H2,1-3H3,(H,20,25). The van der Waals surface area contributed by atoms with Crippen LogP contribution in [0.2, 0.25) is 0 Å². The first-order chi connectivity index (χ1) is 14.2. The number of rotatable bonds is 6. The molecule has 0 aliphatic carbocycles. The van der Waals surface area contributed by atoms with Gasteiger partial charge in [0.1, 0.15) is 0 Å². The molecule has 30 heavy (non-hydrogen) atoms. The van der Waals surface area contributed by atoms with E-state index in [-0.39, 0.29) is 29.2 Å². The second-order valence-electron chi connectivity index (χ2n) is 7.33. The van der Waals surface area contributed by atoms with Crippen molar-refractivity contribution in [1.29, 1.82) is 0 Å². The number of nitrogens with zero attached hydrogens (tertiary/aromatic N) is 4. The number of aryl methyl sites for hydroxylation is 1. The van der Waals surface area contributed by atoms with E-state index in [1.165, 1.54) is 38.4 Å². The lowest BCUT2D eigenvalue weighted by molar-refractivity contribution is -0.126. The molecular weight excluding hydrogens is 410 g/mol. The predicted octanol–water partition coefficient (Wildman–Crippen LogP) is 0.797. The van der Waals surface area contributed by atoms with Crippen LogP contribution in [0.1, 0.15) is 34.9 Å². The highest BCUT2D eigenvalue weighted by Crippen LogP contribution is 2.21. The fourth-order valence-corrected chi connectivity index (χ4v) is 4.13. The molecule has 0 atom stereocenters. The Hall–Kier alpha value is -2.79. The summed E-state index contributed by atoms with van der Waals surface area (Å²) in [4.78, 5) is 30.9. The summed E-state index contributed by atoms with van der Waals surface area (Å²) in [7, 11) is -0.624. The van der Waals surface area contributed by atoms with E-state index in [1.807, 2.05) is 0 Å². The Morgan fingerprint density at radius 2 is 1.83 bits per heavy atom. The van der Waals surface area contributed by atoms with Crippen molar-refractivity contribution in [2.75, 3.05) is 27.2 Å². The van der Waals surface area contributed by atoms with Crippen molar-refractivity contribution in [3.63, 3.8) is 0 Å². The van der Waals surface area contributed by atoms with Gasteiger partial charge in [-0.25, -0.2) is 12.7 Å². The van der Waals surface area contributed by atoms with Gasteiger partial charge in [0.25, 0.3) is 5.91 Å². The first-order valence-corrected chi connectivity index (χ1v) is 11.0. The number of carbonyl (C=O) groups excluding carboxylic acids is 2. The largest absolute Gasteiger partial charge is 0.347 e. The number of likely N-dealkylation sites (tertiary alicyclic amines) is 1. The number of piperidine rings is 1. The molecule has 10 nitrogen and oxygen atoms in total. The van der Waals surface area contributed by atoms with Crippen molar-refractivity contribution in [2.24, 2.45) is 5.92 Å². The summed E-state index contributed by atoms with van der Waals surface area (Å²) < 4.78 is 30.4. The lowest BCUT2D eigenvalue weighted by Gasteiger charge is -2.31. The quantitative estimate of drug-likeness (QED) is 0.711. The molecule has 1 aromatic heterocycles. The average Bonchev–Trinajstić information content (AvgIpc) is 3.16. The Labute approximate surface area is 175 Å². The van der Waals surface area contributed by atoms with Crippen LogP contribution >= 0.6 is 0 Å². The number of hydrogen-bond donors (Lipinski definition) is 1. The smallest absolute Gasteiger partial charge is 0.253 e. The van der Waals surface area contributed by atoms with Crippen LogP contribution in [0.4, 0.5) is 0 Å². The summed E-state index contributed by atoms with van der Waals surface area (Å²) in [6.45, 7) is 2.79. The molecule has 0 unspecified atom stereocenters. The minimum Gasteiger partial charge on any atom is -0.347 e. The number of nitrogens with one attached hydrogen (secondary N) is 1. The lowest BCUT2D eigenvalue weighted by atomic mass is 9.95. The van der Waals surface area contributed by atoms with Gasteiger partial charge in [0, 0.05) is 38.7 Å². The van der Waals surface area contributed by atoms with Gasteiger partial charge in [0.2, 0.25) is 21.8 Å². The van der Waals surface area contributed by atoms with Gasteiger partial charge in [-0.3, -0.25) is 9.59 Å². The Balaban J connectivity index is 1.53. The maximum Gasteiger partial charge on any atom is 0.253 e. The summed E-state index contributed by atoms with van der Waals surface area (Å²) in [5.41, 5.74) is 0.419. The average molecular weight is 436 g/mol. The van der Waals surface area contributed by atoms with E-state index in [4.69, 9.17) is 4.52 Å². The van der Waals surface area contributed by atoms with Crippen molar-refractivity contribution >= 4 is 21.8 Å². The molecule has 11 heteroatoms. The first-order valence-electron chi connectivity index (χ1n) is 9.57. The molecule has 1 fully saturated rings. The molecule has 1 N–H and O–H groups in total. The molecule has 1 aliphatic heterocycles. The van der Waals surface area contributed by atoms with E-state index in [1.54, 1.807) is 11.8 Å². The fourth-order valence-electron chi connectivity index (χ4n) is 3.23. The summed E-state index contributed by atoms with van der Waals surface area (Å²) in [5, 5.41) is 6.46. The topological polar surface area (TPSA) is 126 Å². The monoisotopic (exact) mass is 435 g/mol. The molecule has 2 amide bonds. The van der Waals surface area contributed by atoms with Crippen molar-refractivity contribution in [3.05, 3.63) is 41.5 Å². The third-order valence-electron chi connectivity index (χ3n) is 5.02. The molecule has 1 aromatic carbocycles. The second kappa shape index (κ2) is 8.92. The van der Waals surface area contributed by atoms with Crippen LogP contribution in [0.5, 0.6) is 0 Å². The van der Waals surface area contributed by atoms with Gasteiger partial charge in [-0.05, 0) is 44.0 Å². The number of amides is 2. The molecule has 162 valence electrons. The number of hydrogen-bond acceptors (Lipinski definition) is 7. The second-order valence-corrected chi connectivity index (χ2v) is 9.48. The fraction of sp³-hybridized carbons (Fsp3) is 0.474. The molecular formula is C19H25N5O5S. The van der Waals surface area contributed by atoms with E-state index in [0.29, 0.717) is 43.2 Å². The third kappa shape index (κ3) is 4.85. The molecule has 2 heterocycles. The Morgan fingerprint density at radius 1 is 1.20 bits per heavy atom. The van der Waals surface area contributed by atoms with Crippen molar-refractivity contribution < 1.29 is 22.5 Å². The van der Waals surface area contributed by atoms with Gasteiger partial charge < -0.3 is 14.7 Å². The van der Waals surface area contributed by atoms with Crippen LogP contribution in [0.25, 0.3) is 0 Å². The van der Waals surface area contributed by atoms with Gasteiger partial charge in [-0.15, -0.1) is 0 Å². The zero-order valence-corrected chi connectivity index (χ0v) is 18.0. The third-order valence-corrected chi connectivity index (χ3v) is 6.85. The minimum atomic E-state index is -3.54.